The number of piperidine rings is 1. The van der Waals surface area contributed by atoms with Crippen molar-refractivity contribution in [3.63, 3.8) is 0 Å². The lowest BCUT2D eigenvalue weighted by Crippen LogP contribution is -2.41. The summed E-state index contributed by atoms with van der Waals surface area (Å²) in [6.45, 7) is 3.72. The van der Waals surface area contributed by atoms with Crippen molar-refractivity contribution < 1.29 is 4.79 Å². The number of aryl methyl sites for hydroxylation is 1. The number of carbonyl (C=O) groups is 1. The van der Waals surface area contributed by atoms with Crippen molar-refractivity contribution in [1.82, 2.24) is 9.97 Å². The van der Waals surface area contributed by atoms with Gasteiger partial charge in [-0.2, -0.15) is 0 Å². The number of hydrogen-bond donors (Lipinski definition) is 1. The summed E-state index contributed by atoms with van der Waals surface area (Å²) in [5.74, 6) is 0.898. The van der Waals surface area contributed by atoms with Crippen LogP contribution in [0.3, 0.4) is 0 Å². The van der Waals surface area contributed by atoms with E-state index in [1.165, 1.54) is 4.88 Å². The van der Waals surface area contributed by atoms with Crippen LogP contribution < -0.4 is 10.2 Å². The molecule has 0 unspecified atom stereocenters. The minimum atomic E-state index is -0.0768. The quantitative estimate of drug-likeness (QED) is 0.685. The monoisotopic (exact) mass is 400 g/mol. The van der Waals surface area contributed by atoms with E-state index >= 15 is 0 Å². The number of hydrogen-bond acceptors (Lipinski definition) is 5. The maximum absolute atomic E-state index is 12.8. The second-order valence-electron chi connectivity index (χ2n) is 6.77. The van der Waals surface area contributed by atoms with Gasteiger partial charge in [0, 0.05) is 28.7 Å². The third kappa shape index (κ3) is 3.92. The van der Waals surface area contributed by atoms with E-state index in [0.29, 0.717) is 11.6 Å². The van der Waals surface area contributed by atoms with Gasteiger partial charge < -0.3 is 10.2 Å². The van der Waals surface area contributed by atoms with E-state index in [0.717, 1.165) is 47.5 Å². The number of halogens is 1. The molecular formula is C20H21ClN4OS. The topological polar surface area (TPSA) is 58.1 Å². The Morgan fingerprint density at radius 1 is 1.37 bits per heavy atom. The highest BCUT2D eigenvalue weighted by atomic mass is 35.5. The van der Waals surface area contributed by atoms with Crippen LogP contribution >= 0.6 is 22.9 Å². The molecule has 1 aliphatic heterocycles. The van der Waals surface area contributed by atoms with Crippen molar-refractivity contribution in [2.24, 2.45) is 5.92 Å². The molecule has 1 N–H and O–H groups in total. The molecule has 140 valence electrons. The van der Waals surface area contributed by atoms with Crippen LogP contribution in [0.5, 0.6) is 0 Å². The Labute approximate surface area is 167 Å². The minimum Gasteiger partial charge on any atom is -0.355 e. The zero-order valence-corrected chi connectivity index (χ0v) is 16.7. The molecule has 4 rings (SSSR count). The number of amides is 1. The van der Waals surface area contributed by atoms with Crippen LogP contribution in [0.4, 0.5) is 11.5 Å². The Kier molecular flexibility index (Phi) is 5.27. The average molecular weight is 401 g/mol. The summed E-state index contributed by atoms with van der Waals surface area (Å²) in [6.07, 6.45) is 4.46. The van der Waals surface area contributed by atoms with Gasteiger partial charge in [0.2, 0.25) is 5.91 Å². The van der Waals surface area contributed by atoms with Crippen molar-refractivity contribution >= 4 is 50.6 Å². The third-order valence-corrected chi connectivity index (χ3v) is 6.31. The Hall–Kier alpha value is -2.18. The van der Waals surface area contributed by atoms with Gasteiger partial charge in [0.25, 0.3) is 0 Å². The fourth-order valence-corrected chi connectivity index (χ4v) is 4.63. The second kappa shape index (κ2) is 7.82. The maximum atomic E-state index is 12.8. The first kappa shape index (κ1) is 18.2. The van der Waals surface area contributed by atoms with Gasteiger partial charge in [-0.15, -0.1) is 11.3 Å². The number of fused-ring (bicyclic) bond motifs is 1. The molecule has 3 aromatic rings. The van der Waals surface area contributed by atoms with Crippen molar-refractivity contribution in [3.05, 3.63) is 46.6 Å². The molecule has 27 heavy (non-hydrogen) atoms. The van der Waals surface area contributed by atoms with Crippen LogP contribution in [0.1, 0.15) is 24.6 Å². The summed E-state index contributed by atoms with van der Waals surface area (Å²) >= 11 is 7.73. The molecule has 0 aliphatic carbocycles. The van der Waals surface area contributed by atoms with Crippen molar-refractivity contribution in [2.75, 3.05) is 23.3 Å². The van der Waals surface area contributed by atoms with Crippen LogP contribution in [0.15, 0.2) is 36.7 Å². The third-order valence-electron chi connectivity index (χ3n) is 4.89. The molecule has 5 nitrogen and oxygen atoms in total. The molecular weight excluding hydrogens is 380 g/mol. The fourth-order valence-electron chi connectivity index (χ4n) is 3.51. The molecule has 7 heteroatoms. The van der Waals surface area contributed by atoms with Gasteiger partial charge in [-0.25, -0.2) is 9.97 Å². The highest BCUT2D eigenvalue weighted by molar-refractivity contribution is 7.18. The Morgan fingerprint density at radius 3 is 3.07 bits per heavy atom. The number of anilines is 2. The van der Waals surface area contributed by atoms with Crippen molar-refractivity contribution in [1.29, 1.82) is 0 Å². The first-order valence-corrected chi connectivity index (χ1v) is 10.4. The summed E-state index contributed by atoms with van der Waals surface area (Å²) in [4.78, 5) is 26.3. The van der Waals surface area contributed by atoms with Crippen LogP contribution in [-0.2, 0) is 11.2 Å². The smallest absolute Gasteiger partial charge is 0.229 e. The second-order valence-corrected chi connectivity index (χ2v) is 8.32. The first-order valence-electron chi connectivity index (χ1n) is 9.19. The SMILES string of the molecule is CCc1cc2c(N3CCC[C@@H](C(=O)Nc4cccc(Cl)c4)C3)ncnc2s1. The fraction of sp³-hybridized carbons (Fsp3) is 0.350. The summed E-state index contributed by atoms with van der Waals surface area (Å²) in [6, 6.07) is 9.45. The zero-order valence-electron chi connectivity index (χ0n) is 15.1. The average Bonchev–Trinajstić information content (AvgIpc) is 3.11. The van der Waals surface area contributed by atoms with Gasteiger partial charge in [0.1, 0.15) is 17.0 Å². The number of nitrogens with one attached hydrogen (secondary N) is 1. The Bertz CT molecular complexity index is 974. The van der Waals surface area contributed by atoms with Crippen LogP contribution in [0, 0.1) is 5.92 Å². The molecule has 1 aromatic carbocycles. The van der Waals surface area contributed by atoms with Gasteiger partial charge in [-0.3, -0.25) is 4.79 Å². The predicted molar refractivity (Wildman–Crippen MR) is 112 cm³/mol. The van der Waals surface area contributed by atoms with Crippen LogP contribution in [0.25, 0.3) is 10.2 Å². The number of aromatic nitrogens is 2. The molecule has 1 fully saturated rings. The Morgan fingerprint density at radius 2 is 2.26 bits per heavy atom. The number of thiophene rings is 1. The van der Waals surface area contributed by atoms with Gasteiger partial charge in [-0.05, 0) is 43.5 Å². The standard InChI is InChI=1S/C20H21ClN4OS/c1-2-16-10-17-18(22-12-23-20(17)27-16)25-8-4-5-13(11-25)19(26)24-15-7-3-6-14(21)9-15/h3,6-7,9-10,12-13H,2,4-5,8,11H2,1H3,(H,24,26)/t13-/m1/s1. The van der Waals surface area contributed by atoms with E-state index < -0.39 is 0 Å². The van der Waals surface area contributed by atoms with Crippen molar-refractivity contribution in [3.8, 4) is 0 Å². The molecule has 0 spiro atoms. The summed E-state index contributed by atoms with van der Waals surface area (Å²) in [7, 11) is 0. The van der Waals surface area contributed by atoms with E-state index in [9.17, 15) is 4.79 Å². The number of nitrogens with zero attached hydrogens (tertiary/aromatic N) is 3. The maximum Gasteiger partial charge on any atom is 0.229 e. The van der Waals surface area contributed by atoms with Gasteiger partial charge in [0.05, 0.1) is 11.3 Å². The molecule has 0 saturated carbocycles. The highest BCUT2D eigenvalue weighted by Crippen LogP contribution is 2.32. The Balaban J connectivity index is 1.53. The minimum absolute atomic E-state index is 0.0341. The number of benzene rings is 1. The van der Waals surface area contributed by atoms with Crippen molar-refractivity contribution in [2.45, 2.75) is 26.2 Å². The van der Waals surface area contributed by atoms with Crippen LogP contribution in [0.2, 0.25) is 5.02 Å². The zero-order chi connectivity index (χ0) is 18.8. The lowest BCUT2D eigenvalue weighted by atomic mass is 9.97. The van der Waals surface area contributed by atoms with E-state index in [4.69, 9.17) is 11.6 Å². The first-order chi connectivity index (χ1) is 13.1. The van der Waals surface area contributed by atoms with E-state index in [-0.39, 0.29) is 11.8 Å². The molecule has 1 atom stereocenters. The largest absolute Gasteiger partial charge is 0.355 e. The van der Waals surface area contributed by atoms with Gasteiger partial charge in [0.15, 0.2) is 0 Å². The number of carbonyl (C=O) groups excluding carboxylic acids is 1. The lowest BCUT2D eigenvalue weighted by molar-refractivity contribution is -0.120. The van der Waals surface area contributed by atoms with E-state index in [1.807, 2.05) is 12.1 Å². The molecule has 2 aromatic heterocycles. The van der Waals surface area contributed by atoms with Gasteiger partial charge >= 0.3 is 0 Å². The molecule has 3 heterocycles. The van der Waals surface area contributed by atoms with Gasteiger partial charge in [-0.1, -0.05) is 24.6 Å². The lowest BCUT2D eigenvalue weighted by Gasteiger charge is -2.33. The molecule has 1 saturated heterocycles. The van der Waals surface area contributed by atoms with E-state index in [1.54, 1.807) is 29.8 Å². The summed E-state index contributed by atoms with van der Waals surface area (Å²) < 4.78 is 0. The van der Waals surface area contributed by atoms with Crippen LogP contribution in [-0.4, -0.2) is 29.0 Å². The summed E-state index contributed by atoms with van der Waals surface area (Å²) in [5.41, 5.74) is 0.736. The highest BCUT2D eigenvalue weighted by Gasteiger charge is 2.28. The summed E-state index contributed by atoms with van der Waals surface area (Å²) in [5, 5.41) is 4.70. The molecule has 0 radical (unpaired) electrons. The molecule has 1 aliphatic rings. The molecule has 0 bridgehead atoms. The predicted octanol–water partition coefficient (Wildman–Crippen LogP) is 4.76. The molecule has 1 amide bonds. The normalized spacial score (nSPS) is 17.3. The number of rotatable bonds is 4. The van der Waals surface area contributed by atoms with E-state index in [2.05, 4.69) is 33.2 Å².